The van der Waals surface area contributed by atoms with Gasteiger partial charge in [-0.05, 0) is 24.3 Å². The fourth-order valence-electron chi connectivity index (χ4n) is 1.07. The van der Waals surface area contributed by atoms with Gasteiger partial charge in [0.15, 0.2) is 12.4 Å². The Kier molecular flexibility index (Phi) is 5.11. The number of halogens is 3. The maximum Gasteiger partial charge on any atom is 0.493 e. The van der Waals surface area contributed by atoms with Crippen molar-refractivity contribution in [2.24, 2.45) is 16.6 Å². The molecule has 114 valence electrons. The fourth-order valence-corrected chi connectivity index (χ4v) is 1.07. The molecule has 0 aliphatic rings. The fraction of sp³-hybridized carbons (Fsp3) is 0.182. The number of nitrogens with zero attached hydrogens (tertiary/aromatic N) is 1. The highest BCUT2D eigenvalue weighted by atomic mass is 19.4. The normalized spacial score (nSPS) is 11.9. The molecule has 0 radical (unpaired) electrons. The number of hydrogen-bond acceptors (Lipinski definition) is 5. The molecule has 0 saturated carbocycles. The molecule has 0 aliphatic carbocycles. The number of ether oxygens (including phenoxy) is 1. The first-order chi connectivity index (χ1) is 9.70. The van der Waals surface area contributed by atoms with Crippen molar-refractivity contribution in [2.45, 2.75) is 6.18 Å². The molecule has 0 aliphatic heterocycles. The Morgan fingerprint density at radius 3 is 2.19 bits per heavy atom. The van der Waals surface area contributed by atoms with E-state index in [-0.39, 0.29) is 17.9 Å². The molecule has 0 atom stereocenters. The molecule has 0 bridgehead atoms. The van der Waals surface area contributed by atoms with Crippen LogP contribution in [0.1, 0.15) is 5.56 Å². The van der Waals surface area contributed by atoms with E-state index in [2.05, 4.69) is 9.99 Å². The highest BCUT2D eigenvalue weighted by Crippen LogP contribution is 2.17. The topological polar surface area (TPSA) is 117 Å². The van der Waals surface area contributed by atoms with Gasteiger partial charge in [-0.1, -0.05) is 5.16 Å². The number of amidine groups is 1. The lowest BCUT2D eigenvalue weighted by Crippen LogP contribution is -2.25. The SMILES string of the molecule is NC(=O)COc1ccc(/C(N)=N/OC(=O)C(F)(F)F)cc1. The molecule has 1 rings (SSSR count). The van der Waals surface area contributed by atoms with Crippen molar-refractivity contribution in [3.05, 3.63) is 29.8 Å². The zero-order valence-corrected chi connectivity index (χ0v) is 10.4. The summed E-state index contributed by atoms with van der Waals surface area (Å²) < 4.78 is 40.6. The van der Waals surface area contributed by atoms with Crippen molar-refractivity contribution in [2.75, 3.05) is 6.61 Å². The Hall–Kier alpha value is -2.78. The molecule has 1 amide bonds. The monoisotopic (exact) mass is 305 g/mol. The number of primary amides is 1. The predicted molar refractivity (Wildman–Crippen MR) is 64.0 cm³/mol. The van der Waals surface area contributed by atoms with Crippen LogP contribution >= 0.6 is 0 Å². The Morgan fingerprint density at radius 2 is 1.71 bits per heavy atom. The van der Waals surface area contributed by atoms with E-state index in [1.165, 1.54) is 24.3 Å². The van der Waals surface area contributed by atoms with Crippen LogP contribution in [0.5, 0.6) is 5.75 Å². The van der Waals surface area contributed by atoms with E-state index in [1.54, 1.807) is 0 Å². The summed E-state index contributed by atoms with van der Waals surface area (Å²) in [6, 6.07) is 5.45. The van der Waals surface area contributed by atoms with Gasteiger partial charge >= 0.3 is 12.1 Å². The molecule has 0 aromatic heterocycles. The summed E-state index contributed by atoms with van der Waals surface area (Å²) in [6.45, 7) is -0.327. The second-order valence-corrected chi connectivity index (χ2v) is 3.63. The highest BCUT2D eigenvalue weighted by Gasteiger charge is 2.41. The van der Waals surface area contributed by atoms with Crippen molar-refractivity contribution in [1.29, 1.82) is 0 Å². The molecule has 0 saturated heterocycles. The lowest BCUT2D eigenvalue weighted by Gasteiger charge is -2.05. The number of hydrogen-bond donors (Lipinski definition) is 2. The second-order valence-electron chi connectivity index (χ2n) is 3.63. The van der Waals surface area contributed by atoms with Crippen molar-refractivity contribution >= 4 is 17.7 Å². The van der Waals surface area contributed by atoms with E-state index >= 15 is 0 Å². The zero-order valence-electron chi connectivity index (χ0n) is 10.4. The average molecular weight is 305 g/mol. The van der Waals surface area contributed by atoms with Gasteiger partial charge in [0, 0.05) is 5.56 Å². The summed E-state index contributed by atoms with van der Waals surface area (Å²) in [5, 5.41) is 2.87. The molecule has 10 heteroatoms. The zero-order chi connectivity index (χ0) is 16.0. The smallest absolute Gasteiger partial charge is 0.484 e. The third kappa shape index (κ3) is 5.38. The third-order valence-electron chi connectivity index (χ3n) is 1.99. The van der Waals surface area contributed by atoms with Gasteiger partial charge < -0.3 is 21.0 Å². The van der Waals surface area contributed by atoms with Crippen molar-refractivity contribution in [3.63, 3.8) is 0 Å². The Bertz CT molecular complexity index is 555. The number of amides is 1. The second kappa shape index (κ2) is 6.59. The van der Waals surface area contributed by atoms with Gasteiger partial charge in [0.25, 0.3) is 5.91 Å². The van der Waals surface area contributed by atoms with E-state index in [9.17, 15) is 22.8 Å². The van der Waals surface area contributed by atoms with Gasteiger partial charge in [0.1, 0.15) is 5.75 Å². The van der Waals surface area contributed by atoms with Crippen LogP contribution < -0.4 is 16.2 Å². The molecule has 21 heavy (non-hydrogen) atoms. The molecular formula is C11H10F3N3O4. The molecule has 0 spiro atoms. The number of nitrogens with two attached hydrogens (primary N) is 2. The van der Waals surface area contributed by atoms with Crippen LogP contribution in [-0.2, 0) is 14.4 Å². The number of carbonyl (C=O) groups excluding carboxylic acids is 2. The lowest BCUT2D eigenvalue weighted by molar-refractivity contribution is -0.199. The Morgan fingerprint density at radius 1 is 1.14 bits per heavy atom. The van der Waals surface area contributed by atoms with E-state index < -0.39 is 23.9 Å². The molecular weight excluding hydrogens is 295 g/mol. The Balaban J connectivity index is 2.68. The Labute approximate surface area is 116 Å². The summed E-state index contributed by atoms with van der Waals surface area (Å²) >= 11 is 0. The van der Waals surface area contributed by atoms with Crippen molar-refractivity contribution < 1.29 is 32.3 Å². The summed E-state index contributed by atoms with van der Waals surface area (Å²) in [6.07, 6.45) is -5.16. The number of benzene rings is 1. The van der Waals surface area contributed by atoms with Crippen LogP contribution in [0.3, 0.4) is 0 Å². The van der Waals surface area contributed by atoms with Gasteiger partial charge in [-0.15, -0.1) is 0 Å². The molecule has 7 nitrogen and oxygen atoms in total. The van der Waals surface area contributed by atoms with Crippen molar-refractivity contribution in [3.8, 4) is 5.75 Å². The first kappa shape index (κ1) is 16.3. The molecule has 0 unspecified atom stereocenters. The first-order valence-corrected chi connectivity index (χ1v) is 5.33. The number of rotatable bonds is 5. The molecule has 0 heterocycles. The van der Waals surface area contributed by atoms with Crippen LogP contribution in [0.25, 0.3) is 0 Å². The van der Waals surface area contributed by atoms with E-state index in [0.717, 1.165) is 0 Å². The van der Waals surface area contributed by atoms with Crippen LogP contribution in [0.15, 0.2) is 29.4 Å². The third-order valence-corrected chi connectivity index (χ3v) is 1.99. The van der Waals surface area contributed by atoms with E-state index in [1.807, 2.05) is 0 Å². The minimum absolute atomic E-state index is 0.191. The van der Waals surface area contributed by atoms with Gasteiger partial charge in [0.2, 0.25) is 0 Å². The molecule has 4 N–H and O–H groups in total. The summed E-state index contributed by atoms with van der Waals surface area (Å²) in [5.41, 5.74) is 10.4. The van der Waals surface area contributed by atoms with Crippen molar-refractivity contribution in [1.82, 2.24) is 0 Å². The number of oxime groups is 1. The van der Waals surface area contributed by atoms with E-state index in [4.69, 9.17) is 16.2 Å². The van der Waals surface area contributed by atoms with Crippen LogP contribution in [0, 0.1) is 0 Å². The molecule has 1 aromatic rings. The summed E-state index contributed by atoms with van der Waals surface area (Å²) in [5.74, 6) is -3.29. The van der Waals surface area contributed by atoms with Gasteiger partial charge in [-0.2, -0.15) is 13.2 Å². The molecule has 0 fully saturated rings. The first-order valence-electron chi connectivity index (χ1n) is 5.33. The van der Waals surface area contributed by atoms with Gasteiger partial charge in [-0.3, -0.25) is 4.79 Å². The largest absolute Gasteiger partial charge is 0.493 e. The maximum atomic E-state index is 11.9. The minimum atomic E-state index is -5.16. The van der Waals surface area contributed by atoms with Crippen LogP contribution in [-0.4, -0.2) is 30.5 Å². The summed E-state index contributed by atoms with van der Waals surface area (Å²) in [7, 11) is 0. The van der Waals surface area contributed by atoms with E-state index in [0.29, 0.717) is 0 Å². The quantitative estimate of drug-likeness (QED) is 0.350. The highest BCUT2D eigenvalue weighted by molar-refractivity contribution is 5.97. The van der Waals surface area contributed by atoms with Gasteiger partial charge in [0.05, 0.1) is 0 Å². The number of carbonyl (C=O) groups is 2. The van der Waals surface area contributed by atoms with Gasteiger partial charge in [-0.25, -0.2) is 4.79 Å². The molecule has 1 aromatic carbocycles. The van der Waals surface area contributed by atoms with Crippen LogP contribution in [0.2, 0.25) is 0 Å². The predicted octanol–water partition coefficient (Wildman–Crippen LogP) is 0.276. The van der Waals surface area contributed by atoms with Crippen LogP contribution in [0.4, 0.5) is 13.2 Å². The lowest BCUT2D eigenvalue weighted by atomic mass is 10.2. The minimum Gasteiger partial charge on any atom is -0.484 e. The number of alkyl halides is 3. The average Bonchev–Trinajstić information content (AvgIpc) is 2.41. The summed E-state index contributed by atoms with van der Waals surface area (Å²) in [4.78, 5) is 24.6. The standard InChI is InChI=1S/C11H10F3N3O4/c12-11(13,14)10(19)21-17-9(16)6-1-3-7(4-2-6)20-5-8(15)18/h1-4H,5H2,(H2,15,18)(H2,16,17). The maximum absolute atomic E-state index is 11.9.